The van der Waals surface area contributed by atoms with E-state index in [1.54, 1.807) is 18.2 Å². The van der Waals surface area contributed by atoms with E-state index in [1.807, 2.05) is 18.2 Å². The second kappa shape index (κ2) is 11.6. The second-order valence-electron chi connectivity index (χ2n) is 8.75. The lowest BCUT2D eigenvalue weighted by Gasteiger charge is -2.32. The zero-order valence-electron chi connectivity index (χ0n) is 19.2. The molecule has 3 amide bonds. The molecule has 1 fully saturated rings. The summed E-state index contributed by atoms with van der Waals surface area (Å²) in [5.74, 6) is 0.168. The zero-order chi connectivity index (χ0) is 24.8. The van der Waals surface area contributed by atoms with Crippen molar-refractivity contribution in [2.75, 3.05) is 26.2 Å². The van der Waals surface area contributed by atoms with Crippen molar-refractivity contribution < 1.29 is 9.59 Å². The first kappa shape index (κ1) is 25.1. The van der Waals surface area contributed by atoms with Crippen LogP contribution in [0.4, 0.5) is 4.79 Å². The molecule has 4 rings (SSSR count). The number of urea groups is 1. The number of carbonyl (C=O) groups excluding carboxylic acids is 2. The zero-order valence-corrected chi connectivity index (χ0v) is 20.7. The summed E-state index contributed by atoms with van der Waals surface area (Å²) in [6.07, 6.45) is 4.30. The van der Waals surface area contributed by atoms with Crippen molar-refractivity contribution in [2.24, 2.45) is 0 Å². The van der Waals surface area contributed by atoms with E-state index in [1.165, 1.54) is 6.20 Å². The third kappa shape index (κ3) is 6.15. The number of carbonyl (C=O) groups is 2. The first-order chi connectivity index (χ1) is 17.0. The minimum absolute atomic E-state index is 0.250. The smallest absolute Gasteiger partial charge is 0.319 e. The highest BCUT2D eigenvalue weighted by molar-refractivity contribution is 6.42. The van der Waals surface area contributed by atoms with Crippen LogP contribution >= 0.6 is 23.2 Å². The molecule has 2 aromatic rings. The molecular formula is C26H27Cl2N5O2. The highest BCUT2D eigenvalue weighted by Crippen LogP contribution is 2.31. The lowest BCUT2D eigenvalue weighted by molar-refractivity contribution is -0.117. The summed E-state index contributed by atoms with van der Waals surface area (Å²) >= 11 is 12.1. The van der Waals surface area contributed by atoms with Gasteiger partial charge >= 0.3 is 6.03 Å². The van der Waals surface area contributed by atoms with Gasteiger partial charge in [0.15, 0.2) is 0 Å². The predicted molar refractivity (Wildman–Crippen MR) is 136 cm³/mol. The van der Waals surface area contributed by atoms with Crippen LogP contribution < -0.4 is 16.0 Å². The molecule has 3 N–H and O–H groups in total. The molecule has 0 spiro atoms. The summed E-state index contributed by atoms with van der Waals surface area (Å²) in [5.41, 5.74) is 3.01. The number of halogens is 2. The Morgan fingerprint density at radius 3 is 2.66 bits per heavy atom. The van der Waals surface area contributed by atoms with Crippen LogP contribution in [0.1, 0.15) is 47.9 Å². The number of rotatable bonds is 7. The van der Waals surface area contributed by atoms with Crippen LogP contribution in [-0.2, 0) is 4.79 Å². The SMILES string of the molecule is N#Cc1ccccc1C1CCN(CCCNC(=O)C2=CNC(=O)N[C@@H]2c2ccc(Cl)c(Cl)c2)CC1. The number of nitrogens with zero attached hydrogens (tertiary/aromatic N) is 2. The standard InChI is InChI=1S/C26H27Cl2N5O2/c27-22-7-6-18(14-23(22)28)24-21(16-31-26(35)32-24)25(34)30-10-3-11-33-12-8-17(9-13-33)20-5-2-1-4-19(20)15-29/h1-2,4-7,14,16-17,24H,3,8-13H2,(H,30,34)(H2,31,32,35)/t24-/m1/s1. The van der Waals surface area contributed by atoms with E-state index >= 15 is 0 Å². The van der Waals surface area contributed by atoms with Gasteiger partial charge in [0, 0.05) is 12.7 Å². The fourth-order valence-corrected chi connectivity index (χ4v) is 4.96. The van der Waals surface area contributed by atoms with Crippen LogP contribution in [-0.4, -0.2) is 43.0 Å². The minimum Gasteiger partial charge on any atom is -0.352 e. The van der Waals surface area contributed by atoms with E-state index in [-0.39, 0.29) is 5.91 Å². The van der Waals surface area contributed by atoms with Gasteiger partial charge in [0.2, 0.25) is 0 Å². The minimum atomic E-state index is -0.617. The maximum Gasteiger partial charge on any atom is 0.319 e. The number of nitrogens with one attached hydrogen (secondary N) is 3. The number of hydrogen-bond donors (Lipinski definition) is 3. The van der Waals surface area contributed by atoms with Gasteiger partial charge in [-0.2, -0.15) is 5.26 Å². The van der Waals surface area contributed by atoms with E-state index < -0.39 is 12.1 Å². The van der Waals surface area contributed by atoms with Crippen molar-refractivity contribution in [3.05, 3.63) is 81.0 Å². The van der Waals surface area contributed by atoms with Gasteiger partial charge in [-0.05, 0) is 74.1 Å². The molecule has 1 saturated heterocycles. The number of likely N-dealkylation sites (tertiary alicyclic amines) is 1. The maximum atomic E-state index is 12.9. The maximum absolute atomic E-state index is 12.9. The van der Waals surface area contributed by atoms with Crippen molar-refractivity contribution in [1.82, 2.24) is 20.9 Å². The summed E-state index contributed by atoms with van der Waals surface area (Å²) in [6.45, 7) is 3.35. The fraction of sp³-hybridized carbons (Fsp3) is 0.346. The lowest BCUT2D eigenvalue weighted by atomic mass is 9.87. The number of benzene rings is 2. The van der Waals surface area contributed by atoms with Crippen molar-refractivity contribution in [3.8, 4) is 6.07 Å². The van der Waals surface area contributed by atoms with Crippen LogP contribution in [0.25, 0.3) is 0 Å². The van der Waals surface area contributed by atoms with E-state index in [4.69, 9.17) is 23.2 Å². The van der Waals surface area contributed by atoms with Gasteiger partial charge in [-0.25, -0.2) is 4.79 Å². The normalized spacial score (nSPS) is 18.7. The first-order valence-electron chi connectivity index (χ1n) is 11.7. The van der Waals surface area contributed by atoms with Crippen LogP contribution in [0.5, 0.6) is 0 Å². The molecule has 2 heterocycles. The molecule has 0 unspecified atom stereocenters. The third-order valence-electron chi connectivity index (χ3n) is 6.53. The number of amides is 3. The molecule has 1 atom stereocenters. The number of nitriles is 1. The van der Waals surface area contributed by atoms with Crippen LogP contribution in [0.15, 0.2) is 54.2 Å². The molecule has 2 aromatic carbocycles. The first-order valence-corrected chi connectivity index (χ1v) is 12.4. The van der Waals surface area contributed by atoms with Gasteiger partial charge in [0.25, 0.3) is 5.91 Å². The molecule has 35 heavy (non-hydrogen) atoms. The molecule has 9 heteroatoms. The summed E-state index contributed by atoms with van der Waals surface area (Å²) in [7, 11) is 0. The molecule has 0 aromatic heterocycles. The third-order valence-corrected chi connectivity index (χ3v) is 7.27. The number of hydrogen-bond acceptors (Lipinski definition) is 4. The van der Waals surface area contributed by atoms with E-state index in [2.05, 4.69) is 33.0 Å². The van der Waals surface area contributed by atoms with Crippen molar-refractivity contribution in [3.63, 3.8) is 0 Å². The monoisotopic (exact) mass is 511 g/mol. The van der Waals surface area contributed by atoms with Crippen molar-refractivity contribution >= 4 is 35.1 Å². The Morgan fingerprint density at radius 1 is 1.14 bits per heavy atom. The summed E-state index contributed by atoms with van der Waals surface area (Å²) < 4.78 is 0. The average Bonchev–Trinajstić information content (AvgIpc) is 2.88. The Balaban J connectivity index is 1.25. The lowest BCUT2D eigenvalue weighted by Crippen LogP contribution is -2.45. The Labute approximate surface area is 215 Å². The molecule has 0 aliphatic carbocycles. The molecule has 182 valence electrons. The van der Waals surface area contributed by atoms with Gasteiger partial charge < -0.3 is 20.9 Å². The topological polar surface area (TPSA) is 97.3 Å². The van der Waals surface area contributed by atoms with Crippen molar-refractivity contribution in [2.45, 2.75) is 31.2 Å². The van der Waals surface area contributed by atoms with E-state index in [0.29, 0.717) is 33.6 Å². The number of piperidine rings is 1. The quantitative estimate of drug-likeness (QED) is 0.477. The van der Waals surface area contributed by atoms with Gasteiger partial charge in [-0.1, -0.05) is 47.5 Å². The van der Waals surface area contributed by atoms with Gasteiger partial charge in [0.1, 0.15) is 0 Å². The fourth-order valence-electron chi connectivity index (χ4n) is 4.66. The summed E-state index contributed by atoms with van der Waals surface area (Å²) in [4.78, 5) is 27.2. The van der Waals surface area contributed by atoms with Crippen LogP contribution in [0.2, 0.25) is 10.0 Å². The summed E-state index contributed by atoms with van der Waals surface area (Å²) in [6, 6.07) is 14.2. The molecule has 7 nitrogen and oxygen atoms in total. The molecule has 0 bridgehead atoms. The van der Waals surface area contributed by atoms with Gasteiger partial charge in [-0.15, -0.1) is 0 Å². The van der Waals surface area contributed by atoms with Gasteiger partial charge in [-0.3, -0.25) is 4.79 Å². The summed E-state index contributed by atoms with van der Waals surface area (Å²) in [5, 5.41) is 18.4. The highest BCUT2D eigenvalue weighted by atomic mass is 35.5. The average molecular weight is 512 g/mol. The molecule has 2 aliphatic heterocycles. The predicted octanol–water partition coefficient (Wildman–Crippen LogP) is 4.49. The van der Waals surface area contributed by atoms with Crippen LogP contribution in [0, 0.1) is 11.3 Å². The van der Waals surface area contributed by atoms with Crippen molar-refractivity contribution in [1.29, 1.82) is 5.26 Å². The second-order valence-corrected chi connectivity index (χ2v) is 9.56. The van der Waals surface area contributed by atoms with E-state index in [0.717, 1.165) is 50.0 Å². The van der Waals surface area contributed by atoms with Gasteiger partial charge in [0.05, 0.1) is 33.3 Å². The Hall–Kier alpha value is -3.05. The Morgan fingerprint density at radius 2 is 1.91 bits per heavy atom. The highest BCUT2D eigenvalue weighted by Gasteiger charge is 2.28. The largest absolute Gasteiger partial charge is 0.352 e. The Kier molecular flexibility index (Phi) is 8.29. The molecular weight excluding hydrogens is 485 g/mol. The molecule has 0 saturated carbocycles. The molecule has 2 aliphatic rings. The Bertz CT molecular complexity index is 1170. The van der Waals surface area contributed by atoms with E-state index in [9.17, 15) is 14.9 Å². The molecule has 0 radical (unpaired) electrons. The van der Waals surface area contributed by atoms with Crippen LogP contribution in [0.3, 0.4) is 0 Å².